The van der Waals surface area contributed by atoms with Gasteiger partial charge in [-0.1, -0.05) is 6.07 Å². The maximum atomic E-state index is 13.6. The predicted molar refractivity (Wildman–Crippen MR) is 93.0 cm³/mol. The molecular weight excluding hydrogens is 422 g/mol. The second-order valence-electron chi connectivity index (χ2n) is 5.85. The molecule has 2 amide bonds. The van der Waals surface area contributed by atoms with E-state index in [9.17, 15) is 36.2 Å². The van der Waals surface area contributed by atoms with Gasteiger partial charge in [-0.2, -0.15) is 22.0 Å². The molecule has 30 heavy (non-hydrogen) atoms. The van der Waals surface area contributed by atoms with E-state index in [2.05, 4.69) is 15.4 Å². The van der Waals surface area contributed by atoms with Crippen LogP contribution in [-0.2, 0) is 6.18 Å². The van der Waals surface area contributed by atoms with Gasteiger partial charge < -0.3 is 25.2 Å². The first-order valence-electron chi connectivity index (χ1n) is 8.32. The number of hydrogen-bond donors (Lipinski definition) is 3. The molecule has 0 saturated carbocycles. The molecule has 2 aromatic carbocycles. The largest absolute Gasteiger partial charge is 0.491 e. The number of urea groups is 1. The van der Waals surface area contributed by atoms with Crippen LogP contribution in [-0.4, -0.2) is 37.0 Å². The molecule has 0 aliphatic carbocycles. The summed E-state index contributed by atoms with van der Waals surface area (Å²) in [5.74, 6) is -1.93. The van der Waals surface area contributed by atoms with Crippen LogP contribution >= 0.6 is 0 Å². The van der Waals surface area contributed by atoms with Crippen LogP contribution in [0.25, 0.3) is 0 Å². The van der Waals surface area contributed by atoms with Crippen molar-refractivity contribution < 1.29 is 45.7 Å². The number of halogens is 6. The first-order valence-corrected chi connectivity index (χ1v) is 8.32. The van der Waals surface area contributed by atoms with Gasteiger partial charge in [0.1, 0.15) is 18.5 Å². The van der Waals surface area contributed by atoms with E-state index in [1.807, 2.05) is 0 Å². The number of rotatable bonds is 8. The molecule has 12 heteroatoms. The first-order chi connectivity index (χ1) is 14.0. The van der Waals surface area contributed by atoms with Gasteiger partial charge in [0.25, 0.3) is 0 Å². The second kappa shape index (κ2) is 10.1. The van der Waals surface area contributed by atoms with Crippen molar-refractivity contribution in [3.8, 4) is 11.5 Å². The molecule has 0 fully saturated rings. The van der Waals surface area contributed by atoms with Gasteiger partial charge >= 0.3 is 18.8 Å². The van der Waals surface area contributed by atoms with E-state index in [0.717, 1.165) is 36.4 Å². The normalized spacial score (nSPS) is 12.4. The van der Waals surface area contributed by atoms with Crippen LogP contribution in [0.3, 0.4) is 0 Å². The van der Waals surface area contributed by atoms with E-state index in [4.69, 9.17) is 4.74 Å². The van der Waals surface area contributed by atoms with E-state index in [0.29, 0.717) is 0 Å². The highest BCUT2D eigenvalue weighted by atomic mass is 19.4. The Kier molecular flexibility index (Phi) is 7.75. The topological polar surface area (TPSA) is 79.8 Å². The van der Waals surface area contributed by atoms with Crippen LogP contribution in [0.5, 0.6) is 11.5 Å². The van der Waals surface area contributed by atoms with Crippen LogP contribution in [0.15, 0.2) is 42.5 Å². The van der Waals surface area contributed by atoms with Crippen LogP contribution in [0, 0.1) is 5.82 Å². The summed E-state index contributed by atoms with van der Waals surface area (Å²) in [6.07, 6.45) is -5.80. The summed E-state index contributed by atoms with van der Waals surface area (Å²) in [6.45, 7) is -3.95. The number of hydrogen-bond acceptors (Lipinski definition) is 4. The Morgan fingerprint density at radius 1 is 1.13 bits per heavy atom. The zero-order valence-corrected chi connectivity index (χ0v) is 15.1. The SMILES string of the molecule is O=C(NCC(O)COc1cccc(C(F)(F)F)c1)Nc1ccc(OC(F)F)c(F)c1. The molecule has 0 bridgehead atoms. The molecule has 0 aliphatic rings. The van der Waals surface area contributed by atoms with Crippen molar-refractivity contribution in [2.45, 2.75) is 18.9 Å². The fraction of sp³-hybridized carbons (Fsp3) is 0.278. The summed E-state index contributed by atoms with van der Waals surface area (Å²) in [5.41, 5.74) is -0.981. The Morgan fingerprint density at radius 2 is 1.87 bits per heavy atom. The number of anilines is 1. The van der Waals surface area contributed by atoms with Crippen molar-refractivity contribution >= 4 is 11.7 Å². The quantitative estimate of drug-likeness (QED) is 0.545. The average molecular weight is 438 g/mol. The number of benzene rings is 2. The van der Waals surface area contributed by atoms with Crippen molar-refractivity contribution in [3.05, 3.63) is 53.8 Å². The molecule has 0 aromatic heterocycles. The lowest BCUT2D eigenvalue weighted by Crippen LogP contribution is -2.37. The third-order valence-electron chi connectivity index (χ3n) is 3.51. The molecular formula is C18H16F6N2O4. The first kappa shape index (κ1) is 23.1. The molecule has 2 rings (SSSR count). The highest BCUT2D eigenvalue weighted by molar-refractivity contribution is 5.89. The van der Waals surface area contributed by atoms with Gasteiger partial charge in [-0.15, -0.1) is 0 Å². The molecule has 164 valence electrons. The number of amides is 2. The Hall–Kier alpha value is -3.15. The molecule has 2 aromatic rings. The number of aliphatic hydroxyl groups is 1. The fourth-order valence-electron chi connectivity index (χ4n) is 2.17. The summed E-state index contributed by atoms with van der Waals surface area (Å²) < 4.78 is 84.6. The number of nitrogens with one attached hydrogen (secondary N) is 2. The summed E-state index contributed by atoms with van der Waals surface area (Å²) >= 11 is 0. The number of alkyl halides is 5. The van der Waals surface area contributed by atoms with Crippen molar-refractivity contribution in [2.24, 2.45) is 0 Å². The fourth-order valence-corrected chi connectivity index (χ4v) is 2.17. The van der Waals surface area contributed by atoms with Gasteiger partial charge in [0, 0.05) is 18.3 Å². The zero-order valence-electron chi connectivity index (χ0n) is 15.1. The number of aliphatic hydroxyl groups excluding tert-OH is 1. The number of carbonyl (C=O) groups is 1. The van der Waals surface area contributed by atoms with Crippen LogP contribution in [0.4, 0.5) is 36.8 Å². The minimum absolute atomic E-state index is 0.0682. The van der Waals surface area contributed by atoms with E-state index >= 15 is 0 Å². The predicted octanol–water partition coefficient (Wildman–Crippen LogP) is 4.01. The van der Waals surface area contributed by atoms with E-state index in [-0.39, 0.29) is 18.0 Å². The molecule has 6 nitrogen and oxygen atoms in total. The van der Waals surface area contributed by atoms with Gasteiger partial charge in [-0.05, 0) is 30.3 Å². The summed E-state index contributed by atoms with van der Waals surface area (Å²) in [6, 6.07) is 5.97. The minimum atomic E-state index is -4.54. The molecule has 0 radical (unpaired) electrons. The molecule has 1 atom stereocenters. The van der Waals surface area contributed by atoms with E-state index < -0.39 is 48.7 Å². The molecule has 0 saturated heterocycles. The van der Waals surface area contributed by atoms with Gasteiger partial charge in [0.2, 0.25) is 0 Å². The van der Waals surface area contributed by atoms with Crippen molar-refractivity contribution in [2.75, 3.05) is 18.5 Å². The van der Waals surface area contributed by atoms with Gasteiger partial charge in [0.15, 0.2) is 11.6 Å². The van der Waals surface area contributed by atoms with Gasteiger partial charge in [-0.3, -0.25) is 0 Å². The van der Waals surface area contributed by atoms with Crippen LogP contribution in [0.2, 0.25) is 0 Å². The second-order valence-corrected chi connectivity index (χ2v) is 5.85. The molecule has 0 spiro atoms. The van der Waals surface area contributed by atoms with Crippen molar-refractivity contribution in [1.82, 2.24) is 5.32 Å². The van der Waals surface area contributed by atoms with Gasteiger partial charge in [0.05, 0.1) is 5.56 Å². The number of ether oxygens (including phenoxy) is 2. The average Bonchev–Trinajstić information content (AvgIpc) is 2.66. The lowest BCUT2D eigenvalue weighted by atomic mass is 10.2. The smallest absolute Gasteiger partial charge is 0.416 e. The maximum Gasteiger partial charge on any atom is 0.416 e. The van der Waals surface area contributed by atoms with E-state index in [1.165, 1.54) is 6.07 Å². The highest BCUT2D eigenvalue weighted by Gasteiger charge is 2.30. The zero-order chi connectivity index (χ0) is 22.3. The molecule has 3 N–H and O–H groups in total. The third-order valence-corrected chi connectivity index (χ3v) is 3.51. The molecule has 1 unspecified atom stereocenters. The van der Waals surface area contributed by atoms with E-state index in [1.54, 1.807) is 0 Å². The Bertz CT molecular complexity index is 863. The standard InChI is InChI=1S/C18H16F6N2O4/c19-14-7-11(4-5-15(14)30-16(20)21)26-17(28)25-8-12(27)9-29-13-3-1-2-10(6-13)18(22,23)24/h1-7,12,16,27H,8-9H2,(H2,25,26,28). The lowest BCUT2D eigenvalue weighted by Gasteiger charge is -2.15. The van der Waals surface area contributed by atoms with Crippen molar-refractivity contribution in [1.29, 1.82) is 0 Å². The van der Waals surface area contributed by atoms with Gasteiger partial charge in [-0.25, -0.2) is 9.18 Å². The van der Waals surface area contributed by atoms with Crippen molar-refractivity contribution in [3.63, 3.8) is 0 Å². The lowest BCUT2D eigenvalue weighted by molar-refractivity contribution is -0.137. The maximum absolute atomic E-state index is 13.6. The Labute approximate surface area is 166 Å². The highest BCUT2D eigenvalue weighted by Crippen LogP contribution is 2.31. The monoisotopic (exact) mass is 438 g/mol. The Morgan fingerprint density at radius 3 is 2.50 bits per heavy atom. The Balaban J connectivity index is 1.79. The van der Waals surface area contributed by atoms with Crippen LogP contribution in [0.1, 0.15) is 5.56 Å². The summed E-state index contributed by atoms with van der Waals surface area (Å²) in [5, 5.41) is 14.2. The minimum Gasteiger partial charge on any atom is -0.491 e. The van der Waals surface area contributed by atoms with Crippen LogP contribution < -0.4 is 20.1 Å². The number of carbonyl (C=O) groups excluding carboxylic acids is 1. The molecule has 0 heterocycles. The summed E-state index contributed by atoms with van der Waals surface area (Å²) in [7, 11) is 0. The molecule has 0 aliphatic heterocycles. The summed E-state index contributed by atoms with van der Waals surface area (Å²) in [4.78, 5) is 11.7. The third kappa shape index (κ3) is 7.35.